The van der Waals surface area contributed by atoms with Crippen LogP contribution in [0.1, 0.15) is 22.3 Å². The molecule has 0 saturated heterocycles. The maximum atomic E-state index is 4.71. The van der Waals surface area contributed by atoms with Crippen LogP contribution in [0, 0.1) is 27.7 Å². The summed E-state index contributed by atoms with van der Waals surface area (Å²) in [6, 6.07) is 17.2. The van der Waals surface area contributed by atoms with Gasteiger partial charge in [-0.1, -0.05) is 53.6 Å². The van der Waals surface area contributed by atoms with Crippen molar-refractivity contribution in [1.82, 2.24) is 4.98 Å². The second kappa shape index (κ2) is 5.76. The highest BCUT2D eigenvalue weighted by molar-refractivity contribution is 5.72. The first kappa shape index (κ1) is 14.5. The summed E-state index contributed by atoms with van der Waals surface area (Å²) in [4.78, 5) is 4.71. The molecule has 1 nitrogen and oxygen atoms in total. The second-order valence-corrected chi connectivity index (χ2v) is 6.08. The molecular formula is C21H21N. The summed E-state index contributed by atoms with van der Waals surface area (Å²) in [5, 5.41) is 0. The summed E-state index contributed by atoms with van der Waals surface area (Å²) in [6.07, 6.45) is 2.01. The molecule has 0 bridgehead atoms. The molecule has 3 rings (SSSR count). The monoisotopic (exact) mass is 287 g/mol. The lowest BCUT2D eigenvalue weighted by atomic mass is 9.97. The molecular weight excluding hydrogens is 266 g/mol. The van der Waals surface area contributed by atoms with Crippen LogP contribution in [0.4, 0.5) is 0 Å². The fraction of sp³-hybridized carbons (Fsp3) is 0.190. The topological polar surface area (TPSA) is 12.9 Å². The smallest absolute Gasteiger partial charge is 0.0707 e. The number of hydrogen-bond acceptors (Lipinski definition) is 1. The molecule has 3 aromatic rings. The Labute approximate surface area is 132 Å². The number of aromatic nitrogens is 1. The van der Waals surface area contributed by atoms with Gasteiger partial charge in [-0.15, -0.1) is 0 Å². The van der Waals surface area contributed by atoms with E-state index in [1.54, 1.807) is 0 Å². The van der Waals surface area contributed by atoms with Crippen molar-refractivity contribution in [3.05, 3.63) is 77.0 Å². The molecule has 0 aliphatic carbocycles. The Morgan fingerprint density at radius 1 is 0.682 bits per heavy atom. The SMILES string of the molecule is Cc1cc(C)cc(-c2cnc(-c3ccccc3C)cc2C)c1. The molecule has 1 aromatic heterocycles. The first-order chi connectivity index (χ1) is 10.5. The Balaban J connectivity index is 2.08. The number of pyridine rings is 1. The molecule has 1 heteroatoms. The zero-order chi connectivity index (χ0) is 15.7. The molecule has 0 saturated carbocycles. The van der Waals surface area contributed by atoms with Crippen LogP contribution in [0.5, 0.6) is 0 Å². The Kier molecular flexibility index (Phi) is 3.81. The molecule has 0 aliphatic rings. The maximum Gasteiger partial charge on any atom is 0.0707 e. The summed E-state index contributed by atoms with van der Waals surface area (Å²) in [7, 11) is 0. The van der Waals surface area contributed by atoms with Gasteiger partial charge in [0.15, 0.2) is 0 Å². The fourth-order valence-electron chi connectivity index (χ4n) is 3.00. The van der Waals surface area contributed by atoms with Gasteiger partial charge in [0.05, 0.1) is 5.69 Å². The summed E-state index contributed by atoms with van der Waals surface area (Å²) in [6.45, 7) is 8.57. The average Bonchev–Trinajstić information content (AvgIpc) is 2.46. The van der Waals surface area contributed by atoms with E-state index in [1.165, 1.54) is 38.9 Å². The number of rotatable bonds is 2. The summed E-state index contributed by atoms with van der Waals surface area (Å²) in [5.74, 6) is 0. The van der Waals surface area contributed by atoms with E-state index in [1.807, 2.05) is 6.20 Å². The summed E-state index contributed by atoms with van der Waals surface area (Å²) >= 11 is 0. The van der Waals surface area contributed by atoms with Crippen LogP contribution in [-0.4, -0.2) is 4.98 Å². The van der Waals surface area contributed by atoms with Crippen LogP contribution in [0.25, 0.3) is 22.4 Å². The van der Waals surface area contributed by atoms with Gasteiger partial charge in [0.25, 0.3) is 0 Å². The van der Waals surface area contributed by atoms with Crippen molar-refractivity contribution in [2.75, 3.05) is 0 Å². The minimum atomic E-state index is 1.05. The number of aryl methyl sites for hydroxylation is 4. The van der Waals surface area contributed by atoms with E-state index < -0.39 is 0 Å². The van der Waals surface area contributed by atoms with Crippen LogP contribution >= 0.6 is 0 Å². The van der Waals surface area contributed by atoms with Gasteiger partial charge in [-0.25, -0.2) is 0 Å². The first-order valence-electron chi connectivity index (χ1n) is 7.66. The highest BCUT2D eigenvalue weighted by Gasteiger charge is 2.08. The second-order valence-electron chi connectivity index (χ2n) is 6.08. The van der Waals surface area contributed by atoms with E-state index in [9.17, 15) is 0 Å². The molecule has 22 heavy (non-hydrogen) atoms. The Morgan fingerprint density at radius 2 is 1.36 bits per heavy atom. The highest BCUT2D eigenvalue weighted by Crippen LogP contribution is 2.29. The molecule has 0 aliphatic heterocycles. The summed E-state index contributed by atoms with van der Waals surface area (Å²) < 4.78 is 0. The van der Waals surface area contributed by atoms with Gasteiger partial charge < -0.3 is 0 Å². The third-order valence-electron chi connectivity index (χ3n) is 4.06. The molecule has 1 heterocycles. The zero-order valence-electron chi connectivity index (χ0n) is 13.6. The third-order valence-corrected chi connectivity index (χ3v) is 4.06. The van der Waals surface area contributed by atoms with Gasteiger partial charge in [0, 0.05) is 17.3 Å². The van der Waals surface area contributed by atoms with Crippen molar-refractivity contribution < 1.29 is 0 Å². The van der Waals surface area contributed by atoms with Crippen LogP contribution in [0.3, 0.4) is 0 Å². The molecule has 110 valence electrons. The molecule has 2 aromatic carbocycles. The highest BCUT2D eigenvalue weighted by atomic mass is 14.7. The van der Waals surface area contributed by atoms with Crippen molar-refractivity contribution in [1.29, 1.82) is 0 Å². The molecule has 0 radical (unpaired) electrons. The van der Waals surface area contributed by atoms with Gasteiger partial charge in [-0.3, -0.25) is 4.98 Å². The first-order valence-corrected chi connectivity index (χ1v) is 7.66. The summed E-state index contributed by atoms with van der Waals surface area (Å²) in [5.41, 5.74) is 9.81. The number of nitrogens with zero attached hydrogens (tertiary/aromatic N) is 1. The molecule has 0 amide bonds. The van der Waals surface area contributed by atoms with E-state index in [0.717, 1.165) is 5.69 Å². The van der Waals surface area contributed by atoms with E-state index >= 15 is 0 Å². The predicted octanol–water partition coefficient (Wildman–Crippen LogP) is 5.65. The van der Waals surface area contributed by atoms with Crippen molar-refractivity contribution in [2.45, 2.75) is 27.7 Å². The van der Waals surface area contributed by atoms with Crippen LogP contribution in [-0.2, 0) is 0 Å². The van der Waals surface area contributed by atoms with Crippen LogP contribution < -0.4 is 0 Å². The van der Waals surface area contributed by atoms with Crippen molar-refractivity contribution in [2.24, 2.45) is 0 Å². The zero-order valence-corrected chi connectivity index (χ0v) is 13.6. The molecule has 0 N–H and O–H groups in total. The van der Waals surface area contributed by atoms with E-state index in [2.05, 4.69) is 76.2 Å². The largest absolute Gasteiger partial charge is 0.256 e. The van der Waals surface area contributed by atoms with Crippen molar-refractivity contribution in [3.8, 4) is 22.4 Å². The average molecular weight is 287 g/mol. The molecule has 0 spiro atoms. The lowest BCUT2D eigenvalue weighted by molar-refractivity contribution is 1.27. The minimum absolute atomic E-state index is 1.05. The molecule has 0 atom stereocenters. The number of benzene rings is 2. The molecule has 0 fully saturated rings. The van der Waals surface area contributed by atoms with Gasteiger partial charge in [-0.05, 0) is 50.5 Å². The standard InChI is InChI=1S/C21H21N/c1-14-9-15(2)11-18(10-14)20-13-22-21(12-17(20)4)19-8-6-5-7-16(19)3/h5-13H,1-4H3. The predicted molar refractivity (Wildman–Crippen MR) is 94.1 cm³/mol. The minimum Gasteiger partial charge on any atom is -0.256 e. The van der Waals surface area contributed by atoms with Gasteiger partial charge in [0.2, 0.25) is 0 Å². The fourth-order valence-corrected chi connectivity index (χ4v) is 3.00. The van der Waals surface area contributed by atoms with E-state index in [0.29, 0.717) is 0 Å². The van der Waals surface area contributed by atoms with Crippen LogP contribution in [0.2, 0.25) is 0 Å². The van der Waals surface area contributed by atoms with Gasteiger partial charge in [0.1, 0.15) is 0 Å². The van der Waals surface area contributed by atoms with Gasteiger partial charge in [-0.2, -0.15) is 0 Å². The van der Waals surface area contributed by atoms with Gasteiger partial charge >= 0.3 is 0 Å². The van der Waals surface area contributed by atoms with E-state index in [-0.39, 0.29) is 0 Å². The molecule has 0 unspecified atom stereocenters. The Morgan fingerprint density at radius 3 is 2.00 bits per heavy atom. The van der Waals surface area contributed by atoms with Crippen LogP contribution in [0.15, 0.2) is 54.7 Å². The van der Waals surface area contributed by atoms with Crippen molar-refractivity contribution in [3.63, 3.8) is 0 Å². The lowest BCUT2D eigenvalue weighted by Crippen LogP contribution is -1.92. The maximum absolute atomic E-state index is 4.71. The lowest BCUT2D eigenvalue weighted by Gasteiger charge is -2.11. The quantitative estimate of drug-likeness (QED) is 0.593. The van der Waals surface area contributed by atoms with E-state index in [4.69, 9.17) is 4.98 Å². The Bertz CT molecular complexity index is 811. The third kappa shape index (κ3) is 2.80. The Hall–Kier alpha value is -2.41. The number of hydrogen-bond donors (Lipinski definition) is 0. The normalized spacial score (nSPS) is 10.7. The van der Waals surface area contributed by atoms with Crippen molar-refractivity contribution >= 4 is 0 Å².